The lowest BCUT2D eigenvalue weighted by atomic mass is 10.0. The highest BCUT2D eigenvalue weighted by molar-refractivity contribution is 5.62. The number of ether oxygens (including phenoxy) is 1. The van der Waals surface area contributed by atoms with Gasteiger partial charge in [0.2, 0.25) is 0 Å². The summed E-state index contributed by atoms with van der Waals surface area (Å²) < 4.78 is 5.61. The Kier molecular flexibility index (Phi) is 3.02. The lowest BCUT2D eigenvalue weighted by Gasteiger charge is -2.17. The molecule has 1 aliphatic rings. The first-order valence-electron chi connectivity index (χ1n) is 6.37. The number of fused-ring (bicyclic) bond motifs is 1. The molecular formula is C14H17N3O. The van der Waals surface area contributed by atoms with Crippen LogP contribution in [0.15, 0.2) is 24.3 Å². The van der Waals surface area contributed by atoms with Gasteiger partial charge in [0.1, 0.15) is 5.75 Å². The SMILES string of the molecule is NCCc1cc(-c2ccc3c(c2)CCCO3)n[nH]1. The molecule has 0 saturated heterocycles. The molecule has 2 heterocycles. The highest BCUT2D eigenvalue weighted by Crippen LogP contribution is 2.29. The van der Waals surface area contributed by atoms with Crippen molar-refractivity contribution in [3.63, 3.8) is 0 Å². The third-order valence-electron chi connectivity index (χ3n) is 3.25. The minimum absolute atomic E-state index is 0.639. The number of hydrogen-bond acceptors (Lipinski definition) is 3. The van der Waals surface area contributed by atoms with Crippen LogP contribution in [0.1, 0.15) is 17.7 Å². The zero-order valence-corrected chi connectivity index (χ0v) is 10.3. The van der Waals surface area contributed by atoms with Gasteiger partial charge in [-0.2, -0.15) is 5.10 Å². The molecule has 0 atom stereocenters. The van der Waals surface area contributed by atoms with Crippen molar-refractivity contribution in [3.8, 4) is 17.0 Å². The van der Waals surface area contributed by atoms with Gasteiger partial charge in [-0.3, -0.25) is 5.10 Å². The third-order valence-corrected chi connectivity index (χ3v) is 3.25. The molecule has 0 radical (unpaired) electrons. The van der Waals surface area contributed by atoms with E-state index in [-0.39, 0.29) is 0 Å². The van der Waals surface area contributed by atoms with Crippen LogP contribution >= 0.6 is 0 Å². The van der Waals surface area contributed by atoms with Gasteiger partial charge in [0.05, 0.1) is 12.3 Å². The Bertz CT molecular complexity index is 548. The number of rotatable bonds is 3. The van der Waals surface area contributed by atoms with E-state index in [2.05, 4.69) is 28.4 Å². The quantitative estimate of drug-likeness (QED) is 0.865. The van der Waals surface area contributed by atoms with Crippen molar-refractivity contribution in [3.05, 3.63) is 35.5 Å². The number of nitrogens with one attached hydrogen (secondary N) is 1. The highest BCUT2D eigenvalue weighted by Gasteiger charge is 2.12. The Morgan fingerprint density at radius 3 is 3.17 bits per heavy atom. The zero-order chi connectivity index (χ0) is 12.4. The molecule has 18 heavy (non-hydrogen) atoms. The van der Waals surface area contributed by atoms with E-state index < -0.39 is 0 Å². The van der Waals surface area contributed by atoms with Gasteiger partial charge in [0, 0.05) is 17.7 Å². The highest BCUT2D eigenvalue weighted by atomic mass is 16.5. The summed E-state index contributed by atoms with van der Waals surface area (Å²) in [4.78, 5) is 0. The summed E-state index contributed by atoms with van der Waals surface area (Å²) in [6.45, 7) is 1.47. The number of H-pyrrole nitrogens is 1. The number of nitrogens with two attached hydrogens (primary N) is 1. The fourth-order valence-corrected chi connectivity index (χ4v) is 2.31. The number of aromatic amines is 1. The van der Waals surface area contributed by atoms with Crippen molar-refractivity contribution in [2.45, 2.75) is 19.3 Å². The van der Waals surface area contributed by atoms with E-state index in [0.29, 0.717) is 6.54 Å². The van der Waals surface area contributed by atoms with Gasteiger partial charge in [0.15, 0.2) is 0 Å². The molecule has 0 amide bonds. The zero-order valence-electron chi connectivity index (χ0n) is 10.3. The summed E-state index contributed by atoms with van der Waals surface area (Å²) >= 11 is 0. The van der Waals surface area contributed by atoms with E-state index in [1.54, 1.807) is 0 Å². The summed E-state index contributed by atoms with van der Waals surface area (Å²) in [5, 5.41) is 7.36. The van der Waals surface area contributed by atoms with Gasteiger partial charge in [-0.1, -0.05) is 0 Å². The molecule has 0 aliphatic carbocycles. The van der Waals surface area contributed by atoms with Crippen molar-refractivity contribution in [2.24, 2.45) is 5.73 Å². The molecule has 1 aliphatic heterocycles. The van der Waals surface area contributed by atoms with Crippen LogP contribution in [0.5, 0.6) is 5.75 Å². The molecule has 3 rings (SSSR count). The molecule has 4 heteroatoms. The predicted octanol–water partition coefficient (Wildman–Crippen LogP) is 1.90. The molecule has 0 fully saturated rings. The smallest absolute Gasteiger partial charge is 0.122 e. The fraction of sp³-hybridized carbons (Fsp3) is 0.357. The van der Waals surface area contributed by atoms with Gasteiger partial charge in [0.25, 0.3) is 0 Å². The molecule has 4 nitrogen and oxygen atoms in total. The van der Waals surface area contributed by atoms with Crippen molar-refractivity contribution in [1.82, 2.24) is 10.2 Å². The molecule has 1 aromatic heterocycles. The lowest BCUT2D eigenvalue weighted by Crippen LogP contribution is -2.08. The van der Waals surface area contributed by atoms with E-state index in [0.717, 1.165) is 48.6 Å². The summed E-state index contributed by atoms with van der Waals surface area (Å²) in [5.41, 5.74) is 10.0. The summed E-state index contributed by atoms with van der Waals surface area (Å²) in [7, 11) is 0. The fourth-order valence-electron chi connectivity index (χ4n) is 2.31. The topological polar surface area (TPSA) is 63.9 Å². The van der Waals surface area contributed by atoms with Crippen LogP contribution in [0, 0.1) is 0 Å². The number of nitrogens with zero attached hydrogens (tertiary/aromatic N) is 1. The first-order chi connectivity index (χ1) is 8.86. The van der Waals surface area contributed by atoms with Gasteiger partial charge < -0.3 is 10.5 Å². The second-order valence-electron chi connectivity index (χ2n) is 4.59. The van der Waals surface area contributed by atoms with Crippen molar-refractivity contribution in [1.29, 1.82) is 0 Å². The van der Waals surface area contributed by atoms with Crippen LogP contribution in [-0.4, -0.2) is 23.3 Å². The Morgan fingerprint density at radius 2 is 2.28 bits per heavy atom. The standard InChI is InChI=1S/C14H17N3O/c15-6-5-12-9-13(17-16-12)10-3-4-14-11(8-10)2-1-7-18-14/h3-4,8-9H,1-2,5-7,15H2,(H,16,17). The van der Waals surface area contributed by atoms with Crippen LogP contribution in [0.2, 0.25) is 0 Å². The van der Waals surface area contributed by atoms with Crippen LogP contribution in [0.25, 0.3) is 11.3 Å². The molecule has 0 bridgehead atoms. The van der Waals surface area contributed by atoms with E-state index in [1.807, 2.05) is 6.07 Å². The van der Waals surface area contributed by atoms with Crippen LogP contribution in [0.4, 0.5) is 0 Å². The Morgan fingerprint density at radius 1 is 1.33 bits per heavy atom. The summed E-state index contributed by atoms with van der Waals surface area (Å²) in [6, 6.07) is 8.35. The van der Waals surface area contributed by atoms with E-state index in [9.17, 15) is 0 Å². The van der Waals surface area contributed by atoms with Gasteiger partial charge >= 0.3 is 0 Å². The van der Waals surface area contributed by atoms with Crippen molar-refractivity contribution < 1.29 is 4.74 Å². The monoisotopic (exact) mass is 243 g/mol. The third kappa shape index (κ3) is 2.11. The Balaban J connectivity index is 1.91. The van der Waals surface area contributed by atoms with Gasteiger partial charge in [-0.05, 0) is 49.2 Å². The summed E-state index contributed by atoms with van der Waals surface area (Å²) in [6.07, 6.45) is 3.01. The minimum atomic E-state index is 0.639. The molecule has 1 aromatic carbocycles. The van der Waals surface area contributed by atoms with Gasteiger partial charge in [-0.15, -0.1) is 0 Å². The molecule has 0 unspecified atom stereocenters. The number of aromatic nitrogens is 2. The van der Waals surface area contributed by atoms with Gasteiger partial charge in [-0.25, -0.2) is 0 Å². The van der Waals surface area contributed by atoms with E-state index >= 15 is 0 Å². The maximum absolute atomic E-state index is 5.61. The molecule has 94 valence electrons. The van der Waals surface area contributed by atoms with Crippen LogP contribution in [0.3, 0.4) is 0 Å². The molecule has 3 N–H and O–H groups in total. The second kappa shape index (κ2) is 4.82. The second-order valence-corrected chi connectivity index (χ2v) is 4.59. The molecule has 2 aromatic rings. The number of benzene rings is 1. The summed E-state index contributed by atoms with van der Waals surface area (Å²) in [5.74, 6) is 1.02. The predicted molar refractivity (Wildman–Crippen MR) is 70.6 cm³/mol. The van der Waals surface area contributed by atoms with E-state index in [4.69, 9.17) is 10.5 Å². The molecule has 0 spiro atoms. The normalized spacial score (nSPS) is 14.1. The lowest BCUT2D eigenvalue weighted by molar-refractivity contribution is 0.288. The maximum atomic E-state index is 5.61. The number of aryl methyl sites for hydroxylation is 1. The number of hydrogen-bond donors (Lipinski definition) is 2. The Hall–Kier alpha value is -1.81. The first-order valence-corrected chi connectivity index (χ1v) is 6.37. The van der Waals surface area contributed by atoms with Crippen molar-refractivity contribution in [2.75, 3.05) is 13.2 Å². The average molecular weight is 243 g/mol. The van der Waals surface area contributed by atoms with Crippen LogP contribution < -0.4 is 10.5 Å². The molecule has 0 saturated carbocycles. The molecular weight excluding hydrogens is 226 g/mol. The average Bonchev–Trinajstić information content (AvgIpc) is 2.87. The Labute approximate surface area is 106 Å². The maximum Gasteiger partial charge on any atom is 0.122 e. The minimum Gasteiger partial charge on any atom is -0.493 e. The van der Waals surface area contributed by atoms with Crippen LogP contribution in [-0.2, 0) is 12.8 Å². The van der Waals surface area contributed by atoms with E-state index in [1.165, 1.54) is 5.56 Å². The van der Waals surface area contributed by atoms with Crippen molar-refractivity contribution >= 4 is 0 Å². The largest absolute Gasteiger partial charge is 0.493 e. The first kappa shape index (κ1) is 11.3.